The lowest BCUT2D eigenvalue weighted by atomic mass is 10.0. The summed E-state index contributed by atoms with van der Waals surface area (Å²) in [6.45, 7) is 8.32. The van der Waals surface area contributed by atoms with Crippen molar-refractivity contribution in [2.24, 2.45) is 5.92 Å². The molecule has 148 valence electrons. The van der Waals surface area contributed by atoms with Gasteiger partial charge in [-0.2, -0.15) is 0 Å². The molecule has 0 N–H and O–H groups in total. The molecule has 5 nitrogen and oxygen atoms in total. The van der Waals surface area contributed by atoms with Gasteiger partial charge in [0.1, 0.15) is 0 Å². The lowest BCUT2D eigenvalue weighted by Crippen LogP contribution is -2.50. The summed E-state index contributed by atoms with van der Waals surface area (Å²) in [6.07, 6.45) is 3.91. The van der Waals surface area contributed by atoms with Crippen molar-refractivity contribution in [2.75, 3.05) is 50.7 Å². The van der Waals surface area contributed by atoms with E-state index in [-0.39, 0.29) is 5.91 Å². The molecule has 3 heterocycles. The van der Waals surface area contributed by atoms with Crippen molar-refractivity contribution in [1.82, 2.24) is 14.8 Å². The monoisotopic (exact) mass is 378 g/mol. The normalized spacial score (nSPS) is 20.5. The van der Waals surface area contributed by atoms with E-state index in [1.807, 2.05) is 18.3 Å². The summed E-state index contributed by atoms with van der Waals surface area (Å²) in [5, 5.41) is 0. The van der Waals surface area contributed by atoms with Gasteiger partial charge in [-0.3, -0.25) is 14.7 Å². The number of hydrogen-bond donors (Lipinski definition) is 0. The van der Waals surface area contributed by atoms with E-state index < -0.39 is 0 Å². The summed E-state index contributed by atoms with van der Waals surface area (Å²) in [5.74, 6) is 0.824. The Labute approximate surface area is 168 Å². The fraction of sp³-hybridized carbons (Fsp3) is 0.478. The number of aromatic nitrogens is 1. The van der Waals surface area contributed by atoms with Crippen LogP contribution in [0.3, 0.4) is 0 Å². The predicted octanol–water partition coefficient (Wildman–Crippen LogP) is 2.60. The molecule has 0 spiro atoms. The van der Waals surface area contributed by atoms with E-state index >= 15 is 0 Å². The number of likely N-dealkylation sites (tertiary alicyclic amines) is 1. The third kappa shape index (κ3) is 4.71. The Morgan fingerprint density at radius 2 is 1.93 bits per heavy atom. The summed E-state index contributed by atoms with van der Waals surface area (Å²) < 4.78 is 0. The number of aryl methyl sites for hydroxylation is 1. The van der Waals surface area contributed by atoms with Gasteiger partial charge >= 0.3 is 0 Å². The first kappa shape index (κ1) is 18.9. The number of carbonyl (C=O) groups excluding carboxylic acids is 1. The number of pyridine rings is 1. The molecule has 1 atom stereocenters. The molecule has 2 aliphatic heterocycles. The highest BCUT2D eigenvalue weighted by Gasteiger charge is 2.28. The van der Waals surface area contributed by atoms with E-state index in [9.17, 15) is 4.79 Å². The molecule has 0 aliphatic carbocycles. The first-order chi connectivity index (χ1) is 13.7. The van der Waals surface area contributed by atoms with Crippen LogP contribution in [-0.4, -0.2) is 66.5 Å². The number of carbonyl (C=O) groups is 1. The molecule has 0 saturated carbocycles. The molecular weight excluding hydrogens is 348 g/mol. The average Bonchev–Trinajstić information content (AvgIpc) is 3.18. The Bertz CT molecular complexity index is 786. The zero-order valence-corrected chi connectivity index (χ0v) is 16.8. The van der Waals surface area contributed by atoms with Gasteiger partial charge in [-0.15, -0.1) is 0 Å². The van der Waals surface area contributed by atoms with Gasteiger partial charge in [0.2, 0.25) is 5.91 Å². The van der Waals surface area contributed by atoms with E-state index in [2.05, 4.69) is 56.9 Å². The maximum absolute atomic E-state index is 12.8. The van der Waals surface area contributed by atoms with E-state index in [1.165, 1.54) is 11.3 Å². The summed E-state index contributed by atoms with van der Waals surface area (Å²) in [6, 6.07) is 14.7. The van der Waals surface area contributed by atoms with E-state index in [0.717, 1.165) is 57.8 Å². The molecule has 0 radical (unpaired) electrons. The van der Waals surface area contributed by atoms with Gasteiger partial charge in [0.25, 0.3) is 0 Å². The van der Waals surface area contributed by atoms with Crippen LogP contribution in [0.2, 0.25) is 0 Å². The molecule has 2 saturated heterocycles. The Hall–Kier alpha value is -2.40. The van der Waals surface area contributed by atoms with Crippen molar-refractivity contribution in [2.45, 2.75) is 19.8 Å². The van der Waals surface area contributed by atoms with Gasteiger partial charge in [0.05, 0.1) is 6.54 Å². The fourth-order valence-corrected chi connectivity index (χ4v) is 4.32. The van der Waals surface area contributed by atoms with Crippen LogP contribution in [0.15, 0.2) is 48.7 Å². The molecule has 1 unspecified atom stereocenters. The fourth-order valence-electron chi connectivity index (χ4n) is 4.32. The predicted molar refractivity (Wildman–Crippen MR) is 112 cm³/mol. The van der Waals surface area contributed by atoms with Crippen molar-refractivity contribution in [3.63, 3.8) is 0 Å². The third-order valence-electron chi connectivity index (χ3n) is 5.96. The maximum atomic E-state index is 12.8. The number of rotatable bonds is 5. The van der Waals surface area contributed by atoms with Crippen LogP contribution < -0.4 is 4.90 Å². The van der Waals surface area contributed by atoms with E-state index in [0.29, 0.717) is 12.5 Å². The standard InChI is InChI=1S/C23H30N4O/c1-19-5-4-7-22(15-19)26-13-11-25(12-14-26)18-23(28)27-10-8-20(17-27)16-21-6-2-3-9-24-21/h2-7,9,15,20H,8,10-14,16-18H2,1H3. The zero-order valence-electron chi connectivity index (χ0n) is 16.8. The minimum absolute atomic E-state index is 0.285. The van der Waals surface area contributed by atoms with Gasteiger partial charge in [0, 0.05) is 56.8 Å². The molecule has 4 rings (SSSR count). The Balaban J connectivity index is 1.23. The molecule has 5 heteroatoms. The second kappa shape index (κ2) is 8.74. The van der Waals surface area contributed by atoms with Crippen molar-refractivity contribution >= 4 is 11.6 Å². The molecule has 2 aromatic rings. The van der Waals surface area contributed by atoms with E-state index in [4.69, 9.17) is 0 Å². The van der Waals surface area contributed by atoms with Gasteiger partial charge in [0.15, 0.2) is 0 Å². The summed E-state index contributed by atoms with van der Waals surface area (Å²) in [5.41, 5.74) is 3.72. The molecule has 1 aromatic carbocycles. The quantitative estimate of drug-likeness (QED) is 0.802. The van der Waals surface area contributed by atoms with Crippen LogP contribution in [0, 0.1) is 12.8 Å². The highest BCUT2D eigenvalue weighted by molar-refractivity contribution is 5.78. The highest BCUT2D eigenvalue weighted by atomic mass is 16.2. The lowest BCUT2D eigenvalue weighted by molar-refractivity contribution is -0.131. The number of amides is 1. The topological polar surface area (TPSA) is 39.7 Å². The van der Waals surface area contributed by atoms with Crippen LogP contribution in [0.25, 0.3) is 0 Å². The first-order valence-electron chi connectivity index (χ1n) is 10.4. The number of piperazine rings is 1. The Morgan fingerprint density at radius 1 is 1.07 bits per heavy atom. The van der Waals surface area contributed by atoms with Crippen LogP contribution in [0.4, 0.5) is 5.69 Å². The van der Waals surface area contributed by atoms with Gasteiger partial charge < -0.3 is 9.80 Å². The number of hydrogen-bond acceptors (Lipinski definition) is 4. The second-order valence-corrected chi connectivity index (χ2v) is 8.12. The number of benzene rings is 1. The summed E-state index contributed by atoms with van der Waals surface area (Å²) in [7, 11) is 0. The van der Waals surface area contributed by atoms with Crippen LogP contribution in [0.1, 0.15) is 17.7 Å². The molecule has 2 fully saturated rings. The largest absolute Gasteiger partial charge is 0.369 e. The van der Waals surface area contributed by atoms with Crippen LogP contribution in [0.5, 0.6) is 0 Å². The smallest absolute Gasteiger partial charge is 0.236 e. The van der Waals surface area contributed by atoms with Gasteiger partial charge in [-0.05, 0) is 55.5 Å². The van der Waals surface area contributed by atoms with Crippen molar-refractivity contribution in [3.05, 3.63) is 59.9 Å². The minimum atomic E-state index is 0.285. The highest BCUT2D eigenvalue weighted by Crippen LogP contribution is 2.21. The SMILES string of the molecule is Cc1cccc(N2CCN(CC(=O)N3CCC(Cc4ccccn4)C3)CC2)c1. The van der Waals surface area contributed by atoms with Crippen molar-refractivity contribution < 1.29 is 4.79 Å². The lowest BCUT2D eigenvalue weighted by Gasteiger charge is -2.36. The maximum Gasteiger partial charge on any atom is 0.236 e. The number of nitrogens with zero attached hydrogens (tertiary/aromatic N) is 4. The Kier molecular flexibility index (Phi) is 5.91. The molecule has 2 aliphatic rings. The molecule has 1 aromatic heterocycles. The van der Waals surface area contributed by atoms with Crippen LogP contribution in [-0.2, 0) is 11.2 Å². The van der Waals surface area contributed by atoms with Crippen molar-refractivity contribution in [1.29, 1.82) is 0 Å². The molecule has 1 amide bonds. The first-order valence-corrected chi connectivity index (χ1v) is 10.4. The summed E-state index contributed by atoms with van der Waals surface area (Å²) in [4.78, 5) is 24.0. The third-order valence-corrected chi connectivity index (χ3v) is 5.96. The molecular formula is C23H30N4O. The summed E-state index contributed by atoms with van der Waals surface area (Å²) >= 11 is 0. The number of anilines is 1. The average molecular weight is 379 g/mol. The van der Waals surface area contributed by atoms with E-state index in [1.54, 1.807) is 0 Å². The molecule has 0 bridgehead atoms. The Morgan fingerprint density at radius 3 is 2.68 bits per heavy atom. The zero-order chi connectivity index (χ0) is 19.3. The molecule has 28 heavy (non-hydrogen) atoms. The minimum Gasteiger partial charge on any atom is -0.369 e. The van der Waals surface area contributed by atoms with Gasteiger partial charge in [-0.25, -0.2) is 0 Å². The van der Waals surface area contributed by atoms with Crippen LogP contribution >= 0.6 is 0 Å². The second-order valence-electron chi connectivity index (χ2n) is 8.12. The van der Waals surface area contributed by atoms with Crippen molar-refractivity contribution in [3.8, 4) is 0 Å². The van der Waals surface area contributed by atoms with Gasteiger partial charge in [-0.1, -0.05) is 18.2 Å².